The summed E-state index contributed by atoms with van der Waals surface area (Å²) in [5, 5.41) is 9.12. The minimum absolute atomic E-state index is 0.173. The number of hydrogen-bond donors (Lipinski definition) is 1. The van der Waals surface area contributed by atoms with Crippen LogP contribution in [0.25, 0.3) is 0 Å². The molecule has 1 aliphatic rings. The smallest absolute Gasteiger partial charge is 0.222 e. The summed E-state index contributed by atoms with van der Waals surface area (Å²) < 4.78 is 2.01. The first-order valence-electron chi connectivity index (χ1n) is 6.08. The van der Waals surface area contributed by atoms with Crippen molar-refractivity contribution in [1.82, 2.24) is 9.47 Å². The van der Waals surface area contributed by atoms with Crippen molar-refractivity contribution in [3.8, 4) is 6.07 Å². The third-order valence-electron chi connectivity index (χ3n) is 3.87. The zero-order chi connectivity index (χ0) is 13.4. The van der Waals surface area contributed by atoms with Gasteiger partial charge in [-0.15, -0.1) is 0 Å². The summed E-state index contributed by atoms with van der Waals surface area (Å²) in [5.74, 6) is 0.701. The largest absolute Gasteiger partial charge is 0.384 e. The van der Waals surface area contributed by atoms with Gasteiger partial charge in [0.25, 0.3) is 0 Å². The molecule has 18 heavy (non-hydrogen) atoms. The van der Waals surface area contributed by atoms with Crippen LogP contribution in [0, 0.1) is 25.2 Å². The maximum absolute atomic E-state index is 11.5. The van der Waals surface area contributed by atoms with Crippen LogP contribution in [0.4, 0.5) is 5.82 Å². The lowest BCUT2D eigenvalue weighted by Gasteiger charge is -2.32. The average molecular weight is 246 g/mol. The molecular weight excluding hydrogens is 228 g/mol. The highest BCUT2D eigenvalue weighted by molar-refractivity contribution is 5.76. The first-order chi connectivity index (χ1) is 8.47. The predicted molar refractivity (Wildman–Crippen MR) is 68.9 cm³/mol. The number of carbonyl (C=O) groups is 1. The summed E-state index contributed by atoms with van der Waals surface area (Å²) >= 11 is 0. The molecule has 1 aromatic rings. The number of nitriles is 1. The zero-order valence-electron chi connectivity index (χ0n) is 11.0. The van der Waals surface area contributed by atoms with E-state index >= 15 is 0 Å². The number of hydrogen-bond acceptors (Lipinski definition) is 3. The quantitative estimate of drug-likeness (QED) is 0.812. The Bertz CT molecular complexity index is 538. The Morgan fingerprint density at radius 1 is 1.44 bits per heavy atom. The topological polar surface area (TPSA) is 75.0 Å². The van der Waals surface area contributed by atoms with Gasteiger partial charge in [0.15, 0.2) is 0 Å². The average Bonchev–Trinajstić information content (AvgIpc) is 2.54. The molecule has 0 aliphatic carbocycles. The predicted octanol–water partition coefficient (Wildman–Crippen LogP) is 1.35. The van der Waals surface area contributed by atoms with E-state index in [9.17, 15) is 4.79 Å². The molecule has 0 spiro atoms. The van der Waals surface area contributed by atoms with E-state index in [0.717, 1.165) is 17.7 Å². The SMILES string of the molecule is Cc1c(C#N)c(N)n(C2CCC(=O)N(C)C2)c1C. The second-order valence-electron chi connectivity index (χ2n) is 4.92. The molecule has 1 aromatic heterocycles. The number of rotatable bonds is 1. The van der Waals surface area contributed by atoms with Crippen LogP contribution in [0.1, 0.15) is 35.7 Å². The normalized spacial score (nSPS) is 20.0. The number of nitrogen functional groups attached to an aromatic ring is 1. The first-order valence-corrected chi connectivity index (χ1v) is 6.08. The van der Waals surface area contributed by atoms with Crippen LogP contribution in [0.15, 0.2) is 0 Å². The number of amides is 1. The fourth-order valence-corrected chi connectivity index (χ4v) is 2.67. The molecule has 5 nitrogen and oxygen atoms in total. The van der Waals surface area contributed by atoms with Gasteiger partial charge >= 0.3 is 0 Å². The molecule has 0 bridgehead atoms. The molecule has 2 rings (SSSR count). The Labute approximate surface area is 107 Å². The first kappa shape index (κ1) is 12.5. The van der Waals surface area contributed by atoms with Crippen molar-refractivity contribution in [3.05, 3.63) is 16.8 Å². The van der Waals surface area contributed by atoms with E-state index in [0.29, 0.717) is 24.3 Å². The highest BCUT2D eigenvalue weighted by Gasteiger charge is 2.28. The summed E-state index contributed by atoms with van der Waals surface area (Å²) in [6, 6.07) is 2.33. The maximum atomic E-state index is 11.5. The summed E-state index contributed by atoms with van der Waals surface area (Å²) in [5.41, 5.74) is 8.59. The fraction of sp³-hybridized carbons (Fsp3) is 0.538. The van der Waals surface area contributed by atoms with Crippen molar-refractivity contribution in [2.45, 2.75) is 32.7 Å². The van der Waals surface area contributed by atoms with Gasteiger partial charge in [0.05, 0.1) is 11.6 Å². The van der Waals surface area contributed by atoms with E-state index in [1.807, 2.05) is 25.5 Å². The molecule has 2 N–H and O–H groups in total. The van der Waals surface area contributed by atoms with Crippen molar-refractivity contribution < 1.29 is 4.79 Å². The van der Waals surface area contributed by atoms with E-state index in [1.54, 1.807) is 4.90 Å². The molecule has 1 aliphatic heterocycles. The minimum Gasteiger partial charge on any atom is -0.384 e. The summed E-state index contributed by atoms with van der Waals surface area (Å²) in [7, 11) is 1.81. The van der Waals surface area contributed by atoms with Gasteiger partial charge in [0.2, 0.25) is 5.91 Å². The molecule has 5 heteroatoms. The summed E-state index contributed by atoms with van der Waals surface area (Å²) in [6.45, 7) is 4.55. The lowest BCUT2D eigenvalue weighted by Crippen LogP contribution is -2.38. The molecule has 0 saturated carbocycles. The highest BCUT2D eigenvalue weighted by Crippen LogP contribution is 2.31. The highest BCUT2D eigenvalue weighted by atomic mass is 16.2. The number of likely N-dealkylation sites (N-methyl/N-ethyl adjacent to an activating group) is 1. The number of likely N-dealkylation sites (tertiary alicyclic amines) is 1. The lowest BCUT2D eigenvalue weighted by molar-refractivity contribution is -0.132. The molecule has 1 atom stereocenters. The van der Waals surface area contributed by atoms with Crippen molar-refractivity contribution in [1.29, 1.82) is 5.26 Å². The van der Waals surface area contributed by atoms with Crippen molar-refractivity contribution in [3.63, 3.8) is 0 Å². The summed E-state index contributed by atoms with van der Waals surface area (Å²) in [6.07, 6.45) is 1.33. The molecular formula is C13H18N4O. The zero-order valence-corrected chi connectivity index (χ0v) is 11.0. The van der Waals surface area contributed by atoms with Crippen LogP contribution in [0.5, 0.6) is 0 Å². The molecule has 2 heterocycles. The van der Waals surface area contributed by atoms with Crippen LogP contribution in [0.2, 0.25) is 0 Å². The van der Waals surface area contributed by atoms with Gasteiger partial charge < -0.3 is 15.2 Å². The second-order valence-corrected chi connectivity index (χ2v) is 4.92. The Balaban J connectivity index is 2.41. The minimum atomic E-state index is 0.173. The molecule has 96 valence electrons. The lowest BCUT2D eigenvalue weighted by atomic mass is 10.1. The number of aromatic nitrogens is 1. The van der Waals surface area contributed by atoms with Crippen LogP contribution in [-0.2, 0) is 4.79 Å². The van der Waals surface area contributed by atoms with Crippen molar-refractivity contribution >= 4 is 11.7 Å². The number of anilines is 1. The van der Waals surface area contributed by atoms with Gasteiger partial charge in [0, 0.05) is 25.7 Å². The Kier molecular flexibility index (Phi) is 3.04. The van der Waals surface area contributed by atoms with E-state index in [-0.39, 0.29) is 11.9 Å². The fourth-order valence-electron chi connectivity index (χ4n) is 2.67. The Morgan fingerprint density at radius 3 is 2.61 bits per heavy atom. The second kappa shape index (κ2) is 4.37. The molecule has 1 amide bonds. The van der Waals surface area contributed by atoms with Gasteiger partial charge in [-0.1, -0.05) is 0 Å². The van der Waals surface area contributed by atoms with E-state index in [2.05, 4.69) is 6.07 Å². The van der Waals surface area contributed by atoms with Gasteiger partial charge in [-0.2, -0.15) is 5.26 Å². The van der Waals surface area contributed by atoms with E-state index in [1.165, 1.54) is 0 Å². The third-order valence-corrected chi connectivity index (χ3v) is 3.87. The van der Waals surface area contributed by atoms with Gasteiger partial charge in [-0.05, 0) is 25.8 Å². The number of nitrogens with two attached hydrogens (primary N) is 1. The van der Waals surface area contributed by atoms with Gasteiger partial charge in [-0.3, -0.25) is 4.79 Å². The third kappa shape index (κ3) is 1.74. The Morgan fingerprint density at radius 2 is 2.11 bits per heavy atom. The van der Waals surface area contributed by atoms with E-state index < -0.39 is 0 Å². The number of nitrogens with zero attached hydrogens (tertiary/aromatic N) is 3. The molecule has 1 unspecified atom stereocenters. The monoisotopic (exact) mass is 246 g/mol. The summed E-state index contributed by atoms with van der Waals surface area (Å²) in [4.78, 5) is 13.2. The van der Waals surface area contributed by atoms with Crippen LogP contribution >= 0.6 is 0 Å². The van der Waals surface area contributed by atoms with Crippen LogP contribution in [-0.4, -0.2) is 29.0 Å². The number of piperidine rings is 1. The molecule has 0 radical (unpaired) electrons. The van der Waals surface area contributed by atoms with Crippen molar-refractivity contribution in [2.24, 2.45) is 0 Å². The van der Waals surface area contributed by atoms with Gasteiger partial charge in [-0.25, -0.2) is 0 Å². The Hall–Kier alpha value is -1.96. The molecule has 1 fully saturated rings. The van der Waals surface area contributed by atoms with Crippen LogP contribution in [0.3, 0.4) is 0 Å². The van der Waals surface area contributed by atoms with Crippen LogP contribution < -0.4 is 5.73 Å². The standard InChI is InChI=1S/C13H18N4O/c1-8-9(2)17(13(15)11(8)6-14)10-4-5-12(18)16(3)7-10/h10H,4-5,7,15H2,1-3H3. The maximum Gasteiger partial charge on any atom is 0.222 e. The molecule has 1 saturated heterocycles. The van der Waals surface area contributed by atoms with Crippen molar-refractivity contribution in [2.75, 3.05) is 19.3 Å². The van der Waals surface area contributed by atoms with Gasteiger partial charge in [0.1, 0.15) is 11.9 Å². The van der Waals surface area contributed by atoms with E-state index in [4.69, 9.17) is 11.0 Å². The number of carbonyl (C=O) groups excluding carboxylic acids is 1. The molecule has 0 aromatic carbocycles.